The van der Waals surface area contributed by atoms with Crippen LogP contribution >= 0.6 is 0 Å². The van der Waals surface area contributed by atoms with Crippen LogP contribution in [0.3, 0.4) is 0 Å². The minimum Gasteiger partial charge on any atom is -0.298 e. The number of ketones is 1. The Kier molecular flexibility index (Phi) is 1.48. The molecule has 1 nitrogen and oxygen atoms in total. The molecule has 0 saturated heterocycles. The lowest BCUT2D eigenvalue weighted by Gasteiger charge is -2.33. The lowest BCUT2D eigenvalue weighted by Crippen LogP contribution is -2.35. The van der Waals surface area contributed by atoms with E-state index in [1.807, 2.05) is 0 Å². The van der Waals surface area contributed by atoms with Crippen LogP contribution < -0.4 is 0 Å². The van der Waals surface area contributed by atoms with Crippen molar-refractivity contribution in [3.63, 3.8) is 0 Å². The first-order chi connectivity index (χ1) is 5.55. The average Bonchev–Trinajstić information content (AvgIpc) is 2.17. The molecular formula is C11H16O. The summed E-state index contributed by atoms with van der Waals surface area (Å²) in [6.45, 7) is 6.40. The summed E-state index contributed by atoms with van der Waals surface area (Å²) in [5, 5.41) is 0. The maximum Gasteiger partial charge on any atom is 0.149 e. The molecule has 0 spiro atoms. The van der Waals surface area contributed by atoms with Crippen LogP contribution in [0.2, 0.25) is 0 Å². The molecule has 66 valence electrons. The minimum absolute atomic E-state index is 0.0861. The standard InChI is InChI=1S/C11H16O/c1-7-4-5-11(3)8(2)6-9(7)10(11)12/h6-7,9H,4-5H2,1-3H3. The first kappa shape index (κ1) is 8.03. The number of hydrogen-bond acceptors (Lipinski definition) is 1. The first-order valence-corrected chi connectivity index (χ1v) is 4.79. The van der Waals surface area contributed by atoms with E-state index in [0.717, 1.165) is 6.42 Å². The molecule has 3 atom stereocenters. The second-order valence-corrected chi connectivity index (χ2v) is 4.59. The van der Waals surface area contributed by atoms with E-state index >= 15 is 0 Å². The monoisotopic (exact) mass is 164 g/mol. The Hall–Kier alpha value is -0.590. The molecule has 0 aromatic carbocycles. The maximum absolute atomic E-state index is 11.9. The Bertz CT molecular complexity index is 264. The highest BCUT2D eigenvalue weighted by molar-refractivity contribution is 5.95. The second-order valence-electron chi connectivity index (χ2n) is 4.59. The predicted molar refractivity (Wildman–Crippen MR) is 48.8 cm³/mol. The maximum atomic E-state index is 11.9. The summed E-state index contributed by atoms with van der Waals surface area (Å²) in [6, 6.07) is 0. The van der Waals surface area contributed by atoms with Crippen molar-refractivity contribution in [3.8, 4) is 0 Å². The van der Waals surface area contributed by atoms with Crippen LogP contribution in [-0.4, -0.2) is 5.78 Å². The van der Waals surface area contributed by atoms with Gasteiger partial charge in [0.05, 0.1) is 0 Å². The third-order valence-electron chi connectivity index (χ3n) is 3.86. The van der Waals surface area contributed by atoms with Gasteiger partial charge in [0.1, 0.15) is 5.78 Å². The van der Waals surface area contributed by atoms with Gasteiger partial charge in [-0.05, 0) is 32.6 Å². The Balaban J connectivity index is 2.43. The molecule has 0 amide bonds. The van der Waals surface area contributed by atoms with E-state index in [-0.39, 0.29) is 11.3 Å². The van der Waals surface area contributed by atoms with Gasteiger partial charge >= 0.3 is 0 Å². The van der Waals surface area contributed by atoms with Crippen LogP contribution in [-0.2, 0) is 4.79 Å². The van der Waals surface area contributed by atoms with Crippen LogP contribution in [0.25, 0.3) is 0 Å². The Morgan fingerprint density at radius 1 is 1.58 bits per heavy atom. The molecule has 12 heavy (non-hydrogen) atoms. The SMILES string of the molecule is CC1=CC2C(=O)C1(C)CCC2C. The average molecular weight is 164 g/mol. The number of fused-ring (bicyclic) bond motifs is 2. The highest BCUT2D eigenvalue weighted by Crippen LogP contribution is 2.49. The van der Waals surface area contributed by atoms with E-state index in [1.54, 1.807) is 0 Å². The quantitative estimate of drug-likeness (QED) is 0.503. The fraction of sp³-hybridized carbons (Fsp3) is 0.727. The molecule has 0 aromatic heterocycles. The van der Waals surface area contributed by atoms with Crippen molar-refractivity contribution in [2.45, 2.75) is 33.6 Å². The zero-order chi connectivity index (χ0) is 8.93. The molecule has 0 N–H and O–H groups in total. The van der Waals surface area contributed by atoms with Crippen LogP contribution in [0.15, 0.2) is 11.6 Å². The van der Waals surface area contributed by atoms with Crippen molar-refractivity contribution < 1.29 is 4.79 Å². The van der Waals surface area contributed by atoms with E-state index in [1.165, 1.54) is 12.0 Å². The van der Waals surface area contributed by atoms with Gasteiger partial charge in [-0.2, -0.15) is 0 Å². The fourth-order valence-electron chi connectivity index (χ4n) is 2.53. The van der Waals surface area contributed by atoms with Crippen LogP contribution in [0.4, 0.5) is 0 Å². The van der Waals surface area contributed by atoms with Gasteiger partial charge in [-0.3, -0.25) is 4.79 Å². The highest BCUT2D eigenvalue weighted by Gasteiger charge is 2.48. The molecule has 1 saturated carbocycles. The Labute approximate surface area is 73.8 Å². The van der Waals surface area contributed by atoms with Crippen LogP contribution in [0, 0.1) is 17.3 Å². The van der Waals surface area contributed by atoms with Crippen molar-refractivity contribution >= 4 is 5.78 Å². The topological polar surface area (TPSA) is 17.1 Å². The molecule has 1 heteroatoms. The van der Waals surface area contributed by atoms with Crippen molar-refractivity contribution in [2.24, 2.45) is 17.3 Å². The number of rotatable bonds is 0. The van der Waals surface area contributed by atoms with E-state index in [2.05, 4.69) is 26.8 Å². The molecule has 3 unspecified atom stereocenters. The van der Waals surface area contributed by atoms with Crippen molar-refractivity contribution in [1.82, 2.24) is 0 Å². The molecular weight excluding hydrogens is 148 g/mol. The fourth-order valence-corrected chi connectivity index (χ4v) is 2.53. The Morgan fingerprint density at radius 2 is 2.25 bits per heavy atom. The predicted octanol–water partition coefficient (Wildman–Crippen LogP) is 2.57. The number of carbonyl (C=O) groups excluding carboxylic acids is 1. The zero-order valence-corrected chi connectivity index (χ0v) is 8.05. The number of Topliss-reactive ketones (excluding diaryl/α,β-unsaturated/α-hetero) is 1. The van der Waals surface area contributed by atoms with Crippen molar-refractivity contribution in [3.05, 3.63) is 11.6 Å². The molecule has 2 bridgehead atoms. The van der Waals surface area contributed by atoms with E-state index in [0.29, 0.717) is 11.7 Å². The third-order valence-corrected chi connectivity index (χ3v) is 3.86. The molecule has 2 rings (SSSR count). The summed E-state index contributed by atoms with van der Waals surface area (Å²) in [7, 11) is 0. The smallest absolute Gasteiger partial charge is 0.149 e. The number of carbonyl (C=O) groups is 1. The third kappa shape index (κ3) is 0.769. The summed E-state index contributed by atoms with van der Waals surface area (Å²) >= 11 is 0. The lowest BCUT2D eigenvalue weighted by molar-refractivity contribution is -0.131. The van der Waals surface area contributed by atoms with Gasteiger partial charge in [-0.25, -0.2) is 0 Å². The lowest BCUT2D eigenvalue weighted by atomic mass is 9.69. The second kappa shape index (κ2) is 2.21. The summed E-state index contributed by atoms with van der Waals surface area (Å²) in [4.78, 5) is 11.9. The summed E-state index contributed by atoms with van der Waals surface area (Å²) in [5.74, 6) is 1.28. The molecule has 1 fully saturated rings. The molecule has 0 radical (unpaired) electrons. The van der Waals surface area contributed by atoms with E-state index < -0.39 is 0 Å². The first-order valence-electron chi connectivity index (χ1n) is 4.79. The van der Waals surface area contributed by atoms with Gasteiger partial charge in [0, 0.05) is 11.3 Å². The minimum atomic E-state index is -0.0861. The van der Waals surface area contributed by atoms with E-state index in [9.17, 15) is 4.79 Å². The van der Waals surface area contributed by atoms with Crippen molar-refractivity contribution in [1.29, 1.82) is 0 Å². The normalized spacial score (nSPS) is 46.2. The zero-order valence-electron chi connectivity index (χ0n) is 8.05. The molecule has 0 aromatic rings. The van der Waals surface area contributed by atoms with Crippen LogP contribution in [0.5, 0.6) is 0 Å². The molecule has 0 aliphatic heterocycles. The molecule has 0 heterocycles. The van der Waals surface area contributed by atoms with Gasteiger partial charge in [0.2, 0.25) is 0 Å². The molecule has 2 aliphatic carbocycles. The van der Waals surface area contributed by atoms with Gasteiger partial charge in [-0.1, -0.05) is 18.6 Å². The summed E-state index contributed by atoms with van der Waals surface area (Å²) in [5.41, 5.74) is 1.22. The van der Waals surface area contributed by atoms with E-state index in [4.69, 9.17) is 0 Å². The summed E-state index contributed by atoms with van der Waals surface area (Å²) < 4.78 is 0. The summed E-state index contributed by atoms with van der Waals surface area (Å²) in [6.07, 6.45) is 4.46. The van der Waals surface area contributed by atoms with Crippen molar-refractivity contribution in [2.75, 3.05) is 0 Å². The number of allylic oxidation sites excluding steroid dienone is 2. The van der Waals surface area contributed by atoms with Gasteiger partial charge in [0.25, 0.3) is 0 Å². The van der Waals surface area contributed by atoms with Gasteiger partial charge in [0.15, 0.2) is 0 Å². The van der Waals surface area contributed by atoms with Gasteiger partial charge < -0.3 is 0 Å². The Morgan fingerprint density at radius 3 is 2.83 bits per heavy atom. The number of hydrogen-bond donors (Lipinski definition) is 0. The van der Waals surface area contributed by atoms with Crippen LogP contribution in [0.1, 0.15) is 33.6 Å². The molecule has 2 aliphatic rings. The van der Waals surface area contributed by atoms with Gasteiger partial charge in [-0.15, -0.1) is 0 Å². The highest BCUT2D eigenvalue weighted by atomic mass is 16.1. The largest absolute Gasteiger partial charge is 0.298 e.